The van der Waals surface area contributed by atoms with Crippen molar-refractivity contribution in [3.8, 4) is 0 Å². The molecule has 21 heavy (non-hydrogen) atoms. The van der Waals surface area contributed by atoms with E-state index in [1.54, 1.807) is 0 Å². The van der Waals surface area contributed by atoms with Gasteiger partial charge in [-0.1, -0.05) is 26.2 Å². The molecule has 1 N–H and O–H groups in total. The molecule has 1 amide bonds. The molecular weight excluding hydrogens is 278 g/mol. The predicted molar refractivity (Wildman–Crippen MR) is 76.2 cm³/mol. The zero-order valence-electron chi connectivity index (χ0n) is 11.7. The first-order valence-electron chi connectivity index (χ1n) is 6.67. The van der Waals surface area contributed by atoms with Gasteiger partial charge in [-0.3, -0.25) is 25.0 Å². The van der Waals surface area contributed by atoms with Gasteiger partial charge in [-0.2, -0.15) is 0 Å². The number of hydrogen-bond acceptors (Lipinski definition) is 5. The molecule has 0 atom stereocenters. The van der Waals surface area contributed by atoms with Crippen LogP contribution in [0.25, 0.3) is 0 Å². The minimum Gasteiger partial charge on any atom is -0.352 e. The molecule has 1 aromatic rings. The minimum absolute atomic E-state index is 0.0774. The van der Waals surface area contributed by atoms with E-state index in [0.29, 0.717) is 6.54 Å². The molecule has 0 saturated heterocycles. The third-order valence-corrected chi connectivity index (χ3v) is 2.90. The molecule has 1 aromatic carbocycles. The van der Waals surface area contributed by atoms with Crippen molar-refractivity contribution in [3.63, 3.8) is 0 Å². The Hall–Kier alpha value is -2.51. The molecular formula is C13H17N3O5. The molecule has 0 aliphatic carbocycles. The molecule has 114 valence electrons. The third kappa shape index (κ3) is 5.17. The van der Waals surface area contributed by atoms with E-state index < -0.39 is 27.1 Å². The van der Waals surface area contributed by atoms with Crippen LogP contribution in [0.2, 0.25) is 0 Å². The van der Waals surface area contributed by atoms with Gasteiger partial charge in [0.25, 0.3) is 17.3 Å². The lowest BCUT2D eigenvalue weighted by molar-refractivity contribution is -0.394. The Kier molecular flexibility index (Phi) is 6.25. The van der Waals surface area contributed by atoms with Gasteiger partial charge in [-0.15, -0.1) is 0 Å². The Morgan fingerprint density at radius 3 is 2.10 bits per heavy atom. The number of nitro groups is 2. The lowest BCUT2D eigenvalue weighted by Gasteiger charge is -2.05. The number of carbonyl (C=O) groups excluding carboxylic acids is 1. The molecule has 0 unspecified atom stereocenters. The summed E-state index contributed by atoms with van der Waals surface area (Å²) in [6, 6.07) is 2.90. The maximum absolute atomic E-state index is 11.9. The van der Waals surface area contributed by atoms with E-state index in [9.17, 15) is 25.0 Å². The normalized spacial score (nSPS) is 10.1. The second kappa shape index (κ2) is 7.93. The predicted octanol–water partition coefficient (Wildman–Crippen LogP) is 2.81. The molecule has 0 aromatic heterocycles. The lowest BCUT2D eigenvalue weighted by Crippen LogP contribution is -2.24. The van der Waals surface area contributed by atoms with Crippen molar-refractivity contribution >= 4 is 17.3 Å². The standard InChI is InChI=1S/C13H17N3O5/c1-2-3-4-5-6-14-13(17)10-7-11(15(18)19)9-12(8-10)16(20)21/h7-9H,2-6H2,1H3,(H,14,17). The quantitative estimate of drug-likeness (QED) is 0.449. The molecule has 8 heteroatoms. The molecule has 0 spiro atoms. The smallest absolute Gasteiger partial charge is 0.277 e. The number of non-ortho nitro benzene ring substituents is 2. The summed E-state index contributed by atoms with van der Waals surface area (Å²) in [7, 11) is 0. The van der Waals surface area contributed by atoms with E-state index in [2.05, 4.69) is 12.2 Å². The lowest BCUT2D eigenvalue weighted by atomic mass is 10.1. The summed E-state index contributed by atoms with van der Waals surface area (Å²) in [4.78, 5) is 31.8. The Morgan fingerprint density at radius 2 is 1.62 bits per heavy atom. The largest absolute Gasteiger partial charge is 0.352 e. The number of hydrogen-bond donors (Lipinski definition) is 1. The van der Waals surface area contributed by atoms with E-state index in [-0.39, 0.29) is 5.56 Å². The second-order valence-corrected chi connectivity index (χ2v) is 4.57. The first kappa shape index (κ1) is 16.5. The molecule has 0 radical (unpaired) electrons. The number of rotatable bonds is 8. The van der Waals surface area contributed by atoms with Gasteiger partial charge in [-0.05, 0) is 6.42 Å². The first-order valence-corrected chi connectivity index (χ1v) is 6.67. The first-order chi connectivity index (χ1) is 9.95. The molecule has 0 bridgehead atoms. The summed E-state index contributed by atoms with van der Waals surface area (Å²) in [5.74, 6) is -0.543. The molecule has 8 nitrogen and oxygen atoms in total. The van der Waals surface area contributed by atoms with Crippen LogP contribution in [0, 0.1) is 20.2 Å². The summed E-state index contributed by atoms with van der Waals surface area (Å²) in [6.45, 7) is 2.51. The fourth-order valence-corrected chi connectivity index (χ4v) is 1.79. The van der Waals surface area contributed by atoms with Crippen molar-refractivity contribution in [2.75, 3.05) is 6.54 Å². The van der Waals surface area contributed by atoms with Crippen LogP contribution < -0.4 is 5.32 Å². The number of benzene rings is 1. The van der Waals surface area contributed by atoms with Gasteiger partial charge in [0.1, 0.15) is 0 Å². The number of carbonyl (C=O) groups is 1. The third-order valence-electron chi connectivity index (χ3n) is 2.90. The number of amides is 1. The van der Waals surface area contributed by atoms with Gasteiger partial charge < -0.3 is 5.32 Å². The number of nitro benzene ring substituents is 2. The topological polar surface area (TPSA) is 115 Å². The van der Waals surface area contributed by atoms with E-state index in [1.807, 2.05) is 0 Å². The summed E-state index contributed by atoms with van der Waals surface area (Å²) < 4.78 is 0. The Morgan fingerprint density at radius 1 is 1.05 bits per heavy atom. The van der Waals surface area contributed by atoms with Gasteiger partial charge in [-0.25, -0.2) is 0 Å². The molecule has 0 aliphatic heterocycles. The van der Waals surface area contributed by atoms with Crippen LogP contribution in [0.1, 0.15) is 43.0 Å². The summed E-state index contributed by atoms with van der Waals surface area (Å²) in [5.41, 5.74) is -1.02. The highest BCUT2D eigenvalue weighted by molar-refractivity contribution is 5.95. The number of nitrogens with one attached hydrogen (secondary N) is 1. The summed E-state index contributed by atoms with van der Waals surface area (Å²) >= 11 is 0. The van der Waals surface area contributed by atoms with E-state index in [0.717, 1.165) is 43.9 Å². The highest BCUT2D eigenvalue weighted by Crippen LogP contribution is 2.22. The summed E-state index contributed by atoms with van der Waals surface area (Å²) in [5, 5.41) is 24.1. The van der Waals surface area contributed by atoms with Crippen LogP contribution in [0.3, 0.4) is 0 Å². The molecule has 0 saturated carbocycles. The van der Waals surface area contributed by atoms with Crippen molar-refractivity contribution in [1.82, 2.24) is 5.32 Å². The number of nitrogens with zero attached hydrogens (tertiary/aromatic N) is 2. The fourth-order valence-electron chi connectivity index (χ4n) is 1.79. The molecule has 0 fully saturated rings. The maximum Gasteiger partial charge on any atom is 0.277 e. The van der Waals surface area contributed by atoms with Crippen molar-refractivity contribution < 1.29 is 14.6 Å². The maximum atomic E-state index is 11.9. The van der Waals surface area contributed by atoms with Crippen molar-refractivity contribution in [2.24, 2.45) is 0 Å². The zero-order valence-corrected chi connectivity index (χ0v) is 11.7. The Labute approximate surface area is 121 Å². The van der Waals surface area contributed by atoms with Gasteiger partial charge in [0.05, 0.1) is 21.5 Å². The highest BCUT2D eigenvalue weighted by atomic mass is 16.6. The Bertz CT molecular complexity index is 512. The van der Waals surface area contributed by atoms with Crippen LogP contribution in [-0.4, -0.2) is 22.3 Å². The van der Waals surface area contributed by atoms with E-state index >= 15 is 0 Å². The van der Waals surface area contributed by atoms with Gasteiger partial charge in [0.15, 0.2) is 0 Å². The van der Waals surface area contributed by atoms with Crippen LogP contribution in [0.4, 0.5) is 11.4 Å². The van der Waals surface area contributed by atoms with E-state index in [1.165, 1.54) is 0 Å². The van der Waals surface area contributed by atoms with Gasteiger partial charge >= 0.3 is 0 Å². The molecule has 0 heterocycles. The van der Waals surface area contributed by atoms with E-state index in [4.69, 9.17) is 0 Å². The second-order valence-electron chi connectivity index (χ2n) is 4.57. The van der Waals surface area contributed by atoms with Crippen LogP contribution >= 0.6 is 0 Å². The SMILES string of the molecule is CCCCCCNC(=O)c1cc([N+](=O)[O-])cc([N+](=O)[O-])c1. The van der Waals surface area contributed by atoms with Crippen molar-refractivity contribution in [2.45, 2.75) is 32.6 Å². The fraction of sp³-hybridized carbons (Fsp3) is 0.462. The average Bonchev–Trinajstić information content (AvgIpc) is 2.46. The highest BCUT2D eigenvalue weighted by Gasteiger charge is 2.19. The number of unbranched alkanes of at least 4 members (excludes halogenated alkanes) is 3. The van der Waals surface area contributed by atoms with Crippen molar-refractivity contribution in [1.29, 1.82) is 0 Å². The van der Waals surface area contributed by atoms with Gasteiger partial charge in [0.2, 0.25) is 0 Å². The zero-order chi connectivity index (χ0) is 15.8. The summed E-state index contributed by atoms with van der Waals surface area (Å²) in [6.07, 6.45) is 3.92. The monoisotopic (exact) mass is 295 g/mol. The molecule has 1 rings (SSSR count). The van der Waals surface area contributed by atoms with Crippen LogP contribution in [-0.2, 0) is 0 Å². The minimum atomic E-state index is -0.759. The Balaban J connectivity index is 2.78. The van der Waals surface area contributed by atoms with Crippen LogP contribution in [0.5, 0.6) is 0 Å². The van der Waals surface area contributed by atoms with Crippen molar-refractivity contribution in [3.05, 3.63) is 44.0 Å². The molecule has 0 aliphatic rings. The average molecular weight is 295 g/mol. The van der Waals surface area contributed by atoms with Crippen LogP contribution in [0.15, 0.2) is 18.2 Å². The van der Waals surface area contributed by atoms with Gasteiger partial charge in [0, 0.05) is 18.7 Å².